The molecule has 1 rings (SSSR count). The predicted octanol–water partition coefficient (Wildman–Crippen LogP) is 2.46. The molecule has 0 amide bonds. The monoisotopic (exact) mass is 196 g/mol. The van der Waals surface area contributed by atoms with E-state index in [1.54, 1.807) is 0 Å². The molecular weight excluding hydrogens is 176 g/mol. The fraction of sp³-hybridized carbons (Fsp3) is 0.750. The summed E-state index contributed by atoms with van der Waals surface area (Å²) in [5.74, 6) is 0.602. The molecule has 0 aromatic rings. The highest BCUT2D eigenvalue weighted by Crippen LogP contribution is 2.33. The van der Waals surface area contributed by atoms with Crippen molar-refractivity contribution in [3.63, 3.8) is 0 Å². The van der Waals surface area contributed by atoms with Crippen LogP contribution in [0.5, 0.6) is 0 Å². The van der Waals surface area contributed by atoms with Crippen LogP contribution in [0.15, 0.2) is 12.2 Å². The molecule has 0 saturated heterocycles. The highest BCUT2D eigenvalue weighted by Gasteiger charge is 2.37. The summed E-state index contributed by atoms with van der Waals surface area (Å²) in [4.78, 5) is 11.7. The molecular formula is C12H20O2. The lowest BCUT2D eigenvalue weighted by molar-refractivity contribution is -0.140. The van der Waals surface area contributed by atoms with Gasteiger partial charge in [0.1, 0.15) is 5.60 Å². The number of Topliss-reactive ketones (excluding diaryl/α,β-unsaturated/α-hetero) is 1. The minimum Gasteiger partial charge on any atom is -0.382 e. The zero-order valence-corrected chi connectivity index (χ0v) is 9.18. The van der Waals surface area contributed by atoms with Crippen LogP contribution in [0, 0.1) is 5.92 Å². The molecule has 2 nitrogen and oxygen atoms in total. The van der Waals surface area contributed by atoms with Crippen LogP contribution in [-0.4, -0.2) is 16.5 Å². The normalized spacial score (nSPS) is 32.6. The lowest BCUT2D eigenvalue weighted by Gasteiger charge is -2.33. The van der Waals surface area contributed by atoms with Crippen molar-refractivity contribution in [2.24, 2.45) is 5.92 Å². The van der Waals surface area contributed by atoms with E-state index in [0.29, 0.717) is 25.2 Å². The molecule has 0 unspecified atom stereocenters. The molecule has 0 heterocycles. The van der Waals surface area contributed by atoms with Crippen molar-refractivity contribution in [2.45, 2.75) is 51.6 Å². The molecule has 0 aliphatic heterocycles. The van der Waals surface area contributed by atoms with Gasteiger partial charge in [-0.1, -0.05) is 19.1 Å². The summed E-state index contributed by atoms with van der Waals surface area (Å²) in [6.45, 7) is 7.70. The standard InChI is InChI=1S/C12H20O2/c1-9(2)8-11(13)12(14)6-4-10(3)5-7-12/h10,14H,1,4-8H2,2-3H3. The molecule has 1 saturated carbocycles. The predicted molar refractivity (Wildman–Crippen MR) is 57.0 cm³/mol. The molecule has 14 heavy (non-hydrogen) atoms. The number of hydrogen-bond donors (Lipinski definition) is 1. The SMILES string of the molecule is C=C(C)CC(=O)C1(O)CCC(C)CC1. The molecule has 0 spiro atoms. The second-order valence-corrected chi connectivity index (χ2v) is 4.77. The van der Waals surface area contributed by atoms with Crippen LogP contribution in [0.1, 0.15) is 46.0 Å². The first-order chi connectivity index (χ1) is 6.44. The van der Waals surface area contributed by atoms with Crippen molar-refractivity contribution in [2.75, 3.05) is 0 Å². The van der Waals surface area contributed by atoms with Gasteiger partial charge < -0.3 is 5.11 Å². The maximum Gasteiger partial charge on any atom is 0.168 e. The first-order valence-electron chi connectivity index (χ1n) is 5.34. The maximum atomic E-state index is 11.7. The molecule has 0 aromatic carbocycles. The molecule has 80 valence electrons. The van der Waals surface area contributed by atoms with Gasteiger partial charge in [-0.3, -0.25) is 4.79 Å². The van der Waals surface area contributed by atoms with E-state index in [1.165, 1.54) is 0 Å². The molecule has 2 heteroatoms. The third-order valence-electron chi connectivity index (χ3n) is 3.08. The van der Waals surface area contributed by atoms with Gasteiger partial charge in [0.25, 0.3) is 0 Å². The molecule has 0 aromatic heterocycles. The molecule has 1 aliphatic rings. The Labute approximate surface area is 86.0 Å². The van der Waals surface area contributed by atoms with Crippen LogP contribution in [0.25, 0.3) is 0 Å². The van der Waals surface area contributed by atoms with E-state index in [4.69, 9.17) is 0 Å². The molecule has 0 bridgehead atoms. The lowest BCUT2D eigenvalue weighted by Crippen LogP contribution is -2.41. The van der Waals surface area contributed by atoms with Crippen LogP contribution in [-0.2, 0) is 4.79 Å². The van der Waals surface area contributed by atoms with Crippen LogP contribution >= 0.6 is 0 Å². The number of rotatable bonds is 3. The average Bonchev–Trinajstić information content (AvgIpc) is 2.09. The minimum absolute atomic E-state index is 0.0445. The number of ketones is 1. The van der Waals surface area contributed by atoms with Crippen LogP contribution in [0.2, 0.25) is 0 Å². The summed E-state index contributed by atoms with van der Waals surface area (Å²) in [5.41, 5.74) is -0.215. The number of carbonyl (C=O) groups is 1. The van der Waals surface area contributed by atoms with Crippen LogP contribution in [0.4, 0.5) is 0 Å². The Morgan fingerprint density at radius 1 is 1.50 bits per heavy atom. The summed E-state index contributed by atoms with van der Waals surface area (Å²) in [6.07, 6.45) is 3.49. The van der Waals surface area contributed by atoms with E-state index in [2.05, 4.69) is 13.5 Å². The lowest BCUT2D eigenvalue weighted by atomic mass is 9.76. The zero-order valence-electron chi connectivity index (χ0n) is 9.18. The van der Waals surface area contributed by atoms with E-state index in [1.807, 2.05) is 6.92 Å². The van der Waals surface area contributed by atoms with Crippen molar-refractivity contribution in [1.29, 1.82) is 0 Å². The molecule has 1 N–H and O–H groups in total. The zero-order chi connectivity index (χ0) is 10.8. The Bertz CT molecular complexity index is 235. The first-order valence-corrected chi connectivity index (χ1v) is 5.34. The van der Waals surface area contributed by atoms with Crippen molar-refractivity contribution < 1.29 is 9.90 Å². The Balaban J connectivity index is 2.57. The number of hydrogen-bond acceptors (Lipinski definition) is 2. The average molecular weight is 196 g/mol. The number of aliphatic hydroxyl groups is 1. The van der Waals surface area contributed by atoms with Gasteiger partial charge in [-0.2, -0.15) is 0 Å². The third kappa shape index (κ3) is 2.68. The second-order valence-electron chi connectivity index (χ2n) is 4.77. The maximum absolute atomic E-state index is 11.7. The highest BCUT2D eigenvalue weighted by molar-refractivity contribution is 5.88. The topological polar surface area (TPSA) is 37.3 Å². The van der Waals surface area contributed by atoms with Gasteiger partial charge in [0.05, 0.1) is 0 Å². The Morgan fingerprint density at radius 3 is 2.43 bits per heavy atom. The smallest absolute Gasteiger partial charge is 0.168 e. The summed E-state index contributed by atoms with van der Waals surface area (Å²) < 4.78 is 0. The third-order valence-corrected chi connectivity index (χ3v) is 3.08. The van der Waals surface area contributed by atoms with Gasteiger partial charge in [-0.05, 0) is 38.5 Å². The molecule has 0 radical (unpaired) electrons. The number of allylic oxidation sites excluding steroid dienone is 1. The summed E-state index contributed by atoms with van der Waals surface area (Å²) in [7, 11) is 0. The minimum atomic E-state index is -1.05. The van der Waals surface area contributed by atoms with Gasteiger partial charge in [0, 0.05) is 6.42 Å². The van der Waals surface area contributed by atoms with Gasteiger partial charge >= 0.3 is 0 Å². The van der Waals surface area contributed by atoms with Gasteiger partial charge in [0.15, 0.2) is 5.78 Å². The van der Waals surface area contributed by atoms with Crippen molar-refractivity contribution in [1.82, 2.24) is 0 Å². The molecule has 1 aliphatic carbocycles. The number of carbonyl (C=O) groups excluding carboxylic acids is 1. The molecule has 0 atom stereocenters. The van der Waals surface area contributed by atoms with Crippen molar-refractivity contribution in [3.8, 4) is 0 Å². The quantitative estimate of drug-likeness (QED) is 0.704. The van der Waals surface area contributed by atoms with E-state index in [9.17, 15) is 9.90 Å². The van der Waals surface area contributed by atoms with Gasteiger partial charge in [-0.15, -0.1) is 0 Å². The van der Waals surface area contributed by atoms with Gasteiger partial charge in [-0.25, -0.2) is 0 Å². The van der Waals surface area contributed by atoms with E-state index in [-0.39, 0.29) is 5.78 Å². The van der Waals surface area contributed by atoms with Crippen LogP contribution in [0.3, 0.4) is 0 Å². The van der Waals surface area contributed by atoms with Crippen molar-refractivity contribution >= 4 is 5.78 Å². The summed E-state index contributed by atoms with van der Waals surface area (Å²) in [5, 5.41) is 10.1. The fourth-order valence-electron chi connectivity index (χ4n) is 1.96. The van der Waals surface area contributed by atoms with E-state index >= 15 is 0 Å². The van der Waals surface area contributed by atoms with Gasteiger partial charge in [0.2, 0.25) is 0 Å². The second kappa shape index (κ2) is 4.26. The Kier molecular flexibility index (Phi) is 3.48. The Morgan fingerprint density at radius 2 is 2.00 bits per heavy atom. The summed E-state index contributed by atoms with van der Waals surface area (Å²) in [6, 6.07) is 0. The molecule has 1 fully saturated rings. The Hall–Kier alpha value is -0.630. The van der Waals surface area contributed by atoms with E-state index in [0.717, 1.165) is 18.4 Å². The largest absolute Gasteiger partial charge is 0.382 e. The fourth-order valence-corrected chi connectivity index (χ4v) is 1.96. The van der Waals surface area contributed by atoms with Crippen LogP contribution < -0.4 is 0 Å². The van der Waals surface area contributed by atoms with E-state index < -0.39 is 5.60 Å². The van der Waals surface area contributed by atoms with Crippen molar-refractivity contribution in [3.05, 3.63) is 12.2 Å². The highest BCUT2D eigenvalue weighted by atomic mass is 16.3. The first kappa shape index (κ1) is 11.4. The summed E-state index contributed by atoms with van der Waals surface area (Å²) >= 11 is 0.